The van der Waals surface area contributed by atoms with Gasteiger partial charge in [-0.15, -0.1) is 0 Å². The average molecular weight is 190 g/mol. The van der Waals surface area contributed by atoms with E-state index in [0.29, 0.717) is 0 Å². The van der Waals surface area contributed by atoms with E-state index in [4.69, 9.17) is 5.11 Å². The molecule has 1 aromatic rings. The molecule has 0 unspecified atom stereocenters. The topological polar surface area (TPSA) is 20.2 Å². The van der Waals surface area contributed by atoms with E-state index in [9.17, 15) is 13.2 Å². The molecule has 0 saturated heterocycles. The smallest absolute Gasteiger partial charge is 0.274 e. The lowest BCUT2D eigenvalue weighted by atomic mass is 10.1. The second-order valence-electron chi connectivity index (χ2n) is 2.78. The Morgan fingerprint density at radius 2 is 1.85 bits per heavy atom. The van der Waals surface area contributed by atoms with Crippen LogP contribution in [-0.4, -0.2) is 17.6 Å². The van der Waals surface area contributed by atoms with Crippen molar-refractivity contribution in [3.05, 3.63) is 35.6 Å². The third-order valence-corrected chi connectivity index (χ3v) is 1.64. The molecule has 4 heteroatoms. The summed E-state index contributed by atoms with van der Waals surface area (Å²) in [6, 6.07) is 5.30. The molecule has 0 aromatic heterocycles. The van der Waals surface area contributed by atoms with E-state index in [1.807, 2.05) is 0 Å². The first kappa shape index (κ1) is 10.1. The summed E-state index contributed by atoms with van der Waals surface area (Å²) in [5.41, 5.74) is -0.0819. The fourth-order valence-electron chi connectivity index (χ4n) is 0.976. The predicted molar refractivity (Wildman–Crippen MR) is 42.1 cm³/mol. The van der Waals surface area contributed by atoms with Crippen molar-refractivity contribution in [2.45, 2.75) is 12.3 Å². The number of alkyl halides is 2. The second-order valence-corrected chi connectivity index (χ2v) is 2.78. The Kier molecular flexibility index (Phi) is 2.93. The lowest BCUT2D eigenvalue weighted by Gasteiger charge is -2.12. The van der Waals surface area contributed by atoms with Gasteiger partial charge in [-0.05, 0) is 11.6 Å². The van der Waals surface area contributed by atoms with Gasteiger partial charge in [-0.2, -0.15) is 0 Å². The lowest BCUT2D eigenvalue weighted by molar-refractivity contribution is -0.0493. The van der Waals surface area contributed by atoms with Crippen molar-refractivity contribution in [2.24, 2.45) is 0 Å². The molecule has 1 N–H and O–H groups in total. The van der Waals surface area contributed by atoms with Crippen molar-refractivity contribution in [2.75, 3.05) is 6.61 Å². The van der Waals surface area contributed by atoms with Crippen LogP contribution in [0, 0.1) is 5.82 Å². The Morgan fingerprint density at radius 1 is 1.23 bits per heavy atom. The molecule has 0 amide bonds. The van der Waals surface area contributed by atoms with Gasteiger partial charge in [0.2, 0.25) is 0 Å². The number of halogens is 3. The fraction of sp³-hybridized carbons (Fsp3) is 0.333. The maximum Gasteiger partial charge on any atom is 0.274 e. The molecule has 0 radical (unpaired) electrons. The van der Waals surface area contributed by atoms with Crippen LogP contribution < -0.4 is 0 Å². The van der Waals surface area contributed by atoms with E-state index in [1.165, 1.54) is 18.2 Å². The van der Waals surface area contributed by atoms with Gasteiger partial charge in [0.15, 0.2) is 0 Å². The summed E-state index contributed by atoms with van der Waals surface area (Å²) in [7, 11) is 0. The Hall–Kier alpha value is -1.03. The zero-order valence-corrected chi connectivity index (χ0v) is 6.80. The van der Waals surface area contributed by atoms with Gasteiger partial charge < -0.3 is 5.11 Å². The molecule has 72 valence electrons. The molecule has 0 saturated carbocycles. The molecule has 1 nitrogen and oxygen atoms in total. The SMILES string of the molecule is OCC(F)(F)Cc1ccccc1F. The Morgan fingerprint density at radius 3 is 2.38 bits per heavy atom. The predicted octanol–water partition coefficient (Wildman–Crippen LogP) is 2.00. The van der Waals surface area contributed by atoms with Crippen LogP contribution in [0.4, 0.5) is 13.2 Å². The van der Waals surface area contributed by atoms with E-state index in [2.05, 4.69) is 0 Å². The van der Waals surface area contributed by atoms with Crippen LogP contribution in [0.3, 0.4) is 0 Å². The maximum atomic E-state index is 12.8. The van der Waals surface area contributed by atoms with Gasteiger partial charge in [-0.3, -0.25) is 0 Å². The van der Waals surface area contributed by atoms with Gasteiger partial charge in [-0.25, -0.2) is 13.2 Å². The summed E-state index contributed by atoms with van der Waals surface area (Å²) >= 11 is 0. The van der Waals surface area contributed by atoms with Crippen LogP contribution in [0.1, 0.15) is 5.56 Å². The van der Waals surface area contributed by atoms with Crippen LogP contribution in [0.5, 0.6) is 0 Å². The lowest BCUT2D eigenvalue weighted by Crippen LogP contribution is -2.24. The third kappa shape index (κ3) is 2.73. The van der Waals surface area contributed by atoms with Crippen LogP contribution in [-0.2, 0) is 6.42 Å². The first-order valence-electron chi connectivity index (χ1n) is 3.77. The van der Waals surface area contributed by atoms with Gasteiger partial charge in [0, 0.05) is 6.42 Å². The van der Waals surface area contributed by atoms with Crippen molar-refractivity contribution in [3.63, 3.8) is 0 Å². The molecule has 0 spiro atoms. The number of hydrogen-bond donors (Lipinski definition) is 1. The highest BCUT2D eigenvalue weighted by Crippen LogP contribution is 2.20. The molecular weight excluding hydrogens is 181 g/mol. The Labute approximate surface area is 73.8 Å². The molecule has 1 aromatic carbocycles. The van der Waals surface area contributed by atoms with Gasteiger partial charge in [0.1, 0.15) is 12.4 Å². The van der Waals surface area contributed by atoms with E-state index < -0.39 is 24.8 Å². The highest BCUT2D eigenvalue weighted by Gasteiger charge is 2.28. The first-order valence-corrected chi connectivity index (χ1v) is 3.77. The number of aliphatic hydroxyl groups is 1. The number of hydrogen-bond acceptors (Lipinski definition) is 1. The molecule has 0 heterocycles. The monoisotopic (exact) mass is 190 g/mol. The largest absolute Gasteiger partial charge is 0.390 e. The zero-order valence-electron chi connectivity index (χ0n) is 6.80. The third-order valence-electron chi connectivity index (χ3n) is 1.64. The van der Waals surface area contributed by atoms with E-state index >= 15 is 0 Å². The minimum atomic E-state index is -3.25. The van der Waals surface area contributed by atoms with Crippen LogP contribution in [0.15, 0.2) is 24.3 Å². The van der Waals surface area contributed by atoms with Crippen molar-refractivity contribution in [1.29, 1.82) is 0 Å². The summed E-state index contributed by atoms with van der Waals surface area (Å²) in [5, 5.41) is 8.27. The number of aliphatic hydroxyl groups excluding tert-OH is 1. The van der Waals surface area contributed by atoms with Crippen LogP contribution in [0.2, 0.25) is 0 Å². The number of rotatable bonds is 3. The summed E-state index contributed by atoms with van der Waals surface area (Å²) in [6.45, 7) is -1.26. The van der Waals surface area contributed by atoms with Gasteiger partial charge in [0.25, 0.3) is 5.92 Å². The zero-order chi connectivity index (χ0) is 9.90. The van der Waals surface area contributed by atoms with Crippen molar-refractivity contribution >= 4 is 0 Å². The summed E-state index contributed by atoms with van der Waals surface area (Å²) in [6.07, 6.45) is -0.768. The van der Waals surface area contributed by atoms with Crippen molar-refractivity contribution in [1.82, 2.24) is 0 Å². The molecule has 1 rings (SSSR count). The van der Waals surface area contributed by atoms with Crippen LogP contribution >= 0.6 is 0 Å². The molecule has 0 fully saturated rings. The first-order chi connectivity index (χ1) is 6.05. The Balaban J connectivity index is 2.80. The minimum Gasteiger partial charge on any atom is -0.390 e. The normalized spacial score (nSPS) is 11.7. The summed E-state index contributed by atoms with van der Waals surface area (Å²) in [5.74, 6) is -3.92. The quantitative estimate of drug-likeness (QED) is 0.772. The molecular formula is C9H9F3O. The maximum absolute atomic E-state index is 12.8. The van der Waals surface area contributed by atoms with E-state index in [1.54, 1.807) is 0 Å². The van der Waals surface area contributed by atoms with Gasteiger partial charge in [0.05, 0.1) is 0 Å². The standard InChI is InChI=1S/C9H9F3O/c10-8-4-2-1-3-7(8)5-9(11,12)6-13/h1-4,13H,5-6H2. The van der Waals surface area contributed by atoms with Crippen molar-refractivity contribution in [3.8, 4) is 0 Å². The molecule has 0 atom stereocenters. The van der Waals surface area contributed by atoms with E-state index in [-0.39, 0.29) is 5.56 Å². The molecule has 13 heavy (non-hydrogen) atoms. The summed E-state index contributed by atoms with van der Waals surface area (Å²) < 4.78 is 38.0. The molecule has 0 bridgehead atoms. The number of benzene rings is 1. The van der Waals surface area contributed by atoms with Crippen molar-refractivity contribution < 1.29 is 18.3 Å². The molecule has 0 aliphatic carbocycles. The molecule has 0 aliphatic heterocycles. The molecule has 0 aliphatic rings. The summed E-state index contributed by atoms with van der Waals surface area (Å²) in [4.78, 5) is 0. The average Bonchev–Trinajstić information content (AvgIpc) is 2.09. The van der Waals surface area contributed by atoms with Gasteiger partial charge in [-0.1, -0.05) is 18.2 Å². The highest BCUT2D eigenvalue weighted by molar-refractivity contribution is 5.18. The Bertz CT molecular complexity index is 286. The van der Waals surface area contributed by atoms with Crippen LogP contribution in [0.25, 0.3) is 0 Å². The van der Waals surface area contributed by atoms with E-state index in [0.717, 1.165) is 6.07 Å². The van der Waals surface area contributed by atoms with Gasteiger partial charge >= 0.3 is 0 Å². The second kappa shape index (κ2) is 3.79. The highest BCUT2D eigenvalue weighted by atomic mass is 19.3. The fourth-order valence-corrected chi connectivity index (χ4v) is 0.976. The minimum absolute atomic E-state index is 0.0819.